The Balaban J connectivity index is 2.12. The monoisotopic (exact) mass is 529 g/mol. The van der Waals surface area contributed by atoms with Gasteiger partial charge in [0.1, 0.15) is 11.6 Å². The van der Waals surface area contributed by atoms with Crippen LogP contribution < -0.4 is 15.5 Å². The number of hydrogen-bond donors (Lipinski definition) is 2. The summed E-state index contributed by atoms with van der Waals surface area (Å²) < 4.78 is 5.28. The van der Waals surface area contributed by atoms with Crippen molar-refractivity contribution >= 4 is 41.0 Å². The average molecular weight is 530 g/mol. The van der Waals surface area contributed by atoms with Gasteiger partial charge in [-0.3, -0.25) is 14.4 Å². The van der Waals surface area contributed by atoms with Crippen molar-refractivity contribution in [3.63, 3.8) is 0 Å². The summed E-state index contributed by atoms with van der Waals surface area (Å²) in [6.07, 6.45) is 2.30. The topological polar surface area (TPSA) is 105 Å². The maximum absolute atomic E-state index is 13.1. The van der Waals surface area contributed by atoms with Crippen molar-refractivity contribution in [3.8, 4) is 0 Å². The second-order valence-electron chi connectivity index (χ2n) is 9.72. The number of likely N-dealkylation sites (N-methyl/N-ethyl adjacent to an activating group) is 1. The van der Waals surface area contributed by atoms with E-state index < -0.39 is 29.6 Å². The smallest absolute Gasteiger partial charge is 0.408 e. The fraction of sp³-hybridized carbons (Fsp3) is 0.429. The summed E-state index contributed by atoms with van der Waals surface area (Å²) in [5.74, 6) is -1.21. The first kappa shape index (κ1) is 29.8. The van der Waals surface area contributed by atoms with Crippen LogP contribution in [0.1, 0.15) is 69.3 Å². The molecule has 0 aliphatic carbocycles. The fourth-order valence-electron chi connectivity index (χ4n) is 3.58. The third-order valence-corrected chi connectivity index (χ3v) is 5.73. The van der Waals surface area contributed by atoms with Gasteiger partial charge in [-0.05, 0) is 45.4 Å². The summed E-state index contributed by atoms with van der Waals surface area (Å²) in [4.78, 5) is 52.5. The Bertz CT molecular complexity index is 1100. The quantitative estimate of drug-likeness (QED) is 0.310. The van der Waals surface area contributed by atoms with Gasteiger partial charge < -0.3 is 20.3 Å². The van der Waals surface area contributed by atoms with Crippen molar-refractivity contribution in [2.75, 3.05) is 18.5 Å². The number of halogens is 1. The molecule has 0 heterocycles. The maximum atomic E-state index is 13.1. The summed E-state index contributed by atoms with van der Waals surface area (Å²) in [7, 11) is 1.52. The Labute approximate surface area is 223 Å². The Morgan fingerprint density at radius 2 is 1.70 bits per heavy atom. The van der Waals surface area contributed by atoms with E-state index in [0.29, 0.717) is 22.7 Å². The van der Waals surface area contributed by atoms with Gasteiger partial charge in [-0.2, -0.15) is 0 Å². The Hall–Kier alpha value is -3.39. The molecule has 0 unspecified atom stereocenters. The molecule has 0 spiro atoms. The summed E-state index contributed by atoms with van der Waals surface area (Å²) in [5, 5.41) is 5.58. The maximum Gasteiger partial charge on any atom is 0.408 e. The van der Waals surface area contributed by atoms with Crippen LogP contribution in [0.2, 0.25) is 5.02 Å². The van der Waals surface area contributed by atoms with Crippen molar-refractivity contribution < 1.29 is 23.9 Å². The summed E-state index contributed by atoms with van der Waals surface area (Å²) in [5.41, 5.74) is 0.387. The van der Waals surface area contributed by atoms with E-state index in [4.69, 9.17) is 16.3 Å². The number of amides is 3. The zero-order valence-corrected chi connectivity index (χ0v) is 22.9. The number of carbonyl (C=O) groups excluding carboxylic acids is 4. The molecular formula is C28H36ClN3O5. The molecule has 0 aliphatic rings. The van der Waals surface area contributed by atoms with E-state index in [1.54, 1.807) is 63.2 Å². The lowest BCUT2D eigenvalue weighted by Crippen LogP contribution is -2.50. The molecule has 2 N–H and O–H groups in total. The molecule has 1 atom stereocenters. The molecule has 0 radical (unpaired) electrons. The van der Waals surface area contributed by atoms with E-state index in [1.807, 2.05) is 6.92 Å². The first-order valence-electron chi connectivity index (χ1n) is 12.4. The zero-order valence-electron chi connectivity index (χ0n) is 22.1. The Morgan fingerprint density at radius 1 is 1.03 bits per heavy atom. The van der Waals surface area contributed by atoms with Crippen LogP contribution in [0.15, 0.2) is 48.5 Å². The van der Waals surface area contributed by atoms with Gasteiger partial charge in [-0.25, -0.2) is 4.79 Å². The standard InChI is InChI=1S/C28H36ClN3O5/c1-6-7-9-14-22(31-27(36)37-28(2,3)4)26(35)30-18-24(33)32(5)23-16-15-20(29)17-21(23)25(34)19-12-10-8-11-13-19/h8,10-13,15-17,22H,6-7,9,14,18H2,1-5H3,(H,30,35)(H,31,36)/t22-/m0/s1. The minimum atomic E-state index is -0.842. The number of hydrogen-bond acceptors (Lipinski definition) is 5. The van der Waals surface area contributed by atoms with Crippen molar-refractivity contribution in [1.82, 2.24) is 10.6 Å². The number of rotatable bonds is 11. The molecule has 0 fully saturated rings. The molecule has 2 aromatic carbocycles. The number of benzene rings is 2. The predicted octanol–water partition coefficient (Wildman–Crippen LogP) is 5.12. The third kappa shape index (κ3) is 9.53. The number of anilines is 1. The number of alkyl carbamates (subject to hydrolysis) is 1. The van der Waals surface area contributed by atoms with Gasteiger partial charge in [0.2, 0.25) is 11.8 Å². The third-order valence-electron chi connectivity index (χ3n) is 5.49. The molecule has 200 valence electrons. The van der Waals surface area contributed by atoms with Crippen LogP contribution in [0.5, 0.6) is 0 Å². The molecule has 0 saturated heterocycles. The predicted molar refractivity (Wildman–Crippen MR) is 145 cm³/mol. The molecule has 9 heteroatoms. The van der Waals surface area contributed by atoms with E-state index in [-0.39, 0.29) is 17.9 Å². The minimum Gasteiger partial charge on any atom is -0.444 e. The Morgan fingerprint density at radius 3 is 2.32 bits per heavy atom. The number of nitrogens with zero attached hydrogens (tertiary/aromatic N) is 1. The second kappa shape index (κ2) is 13.8. The highest BCUT2D eigenvalue weighted by atomic mass is 35.5. The molecule has 0 aliphatic heterocycles. The number of carbonyl (C=O) groups is 4. The lowest BCUT2D eigenvalue weighted by Gasteiger charge is -2.24. The van der Waals surface area contributed by atoms with E-state index in [2.05, 4.69) is 10.6 Å². The summed E-state index contributed by atoms with van der Waals surface area (Å²) >= 11 is 6.15. The number of ketones is 1. The average Bonchev–Trinajstić information content (AvgIpc) is 2.85. The van der Waals surface area contributed by atoms with Crippen molar-refractivity contribution in [1.29, 1.82) is 0 Å². The van der Waals surface area contributed by atoms with Gasteiger partial charge in [0, 0.05) is 23.2 Å². The number of unbranched alkanes of at least 4 members (excludes halogenated alkanes) is 2. The lowest BCUT2D eigenvalue weighted by atomic mass is 10.0. The zero-order chi connectivity index (χ0) is 27.6. The number of ether oxygens (including phenoxy) is 1. The van der Waals surface area contributed by atoms with E-state index in [1.165, 1.54) is 18.0 Å². The molecule has 37 heavy (non-hydrogen) atoms. The highest BCUT2D eigenvalue weighted by Gasteiger charge is 2.26. The van der Waals surface area contributed by atoms with Crippen LogP contribution in [0.3, 0.4) is 0 Å². The van der Waals surface area contributed by atoms with E-state index in [0.717, 1.165) is 19.3 Å². The van der Waals surface area contributed by atoms with Gasteiger partial charge in [-0.1, -0.05) is 68.1 Å². The van der Waals surface area contributed by atoms with Crippen LogP contribution >= 0.6 is 11.6 Å². The number of nitrogens with one attached hydrogen (secondary N) is 2. The molecule has 8 nitrogen and oxygen atoms in total. The molecule has 2 aromatic rings. The molecule has 0 saturated carbocycles. The van der Waals surface area contributed by atoms with Gasteiger partial charge in [0.15, 0.2) is 5.78 Å². The van der Waals surface area contributed by atoms with Crippen LogP contribution in [0.25, 0.3) is 0 Å². The van der Waals surface area contributed by atoms with E-state index >= 15 is 0 Å². The second-order valence-corrected chi connectivity index (χ2v) is 10.2. The van der Waals surface area contributed by atoms with Gasteiger partial charge in [0.05, 0.1) is 12.2 Å². The van der Waals surface area contributed by atoms with E-state index in [9.17, 15) is 19.2 Å². The largest absolute Gasteiger partial charge is 0.444 e. The molecule has 0 bridgehead atoms. The van der Waals surface area contributed by atoms with Crippen molar-refractivity contribution in [2.24, 2.45) is 0 Å². The van der Waals surface area contributed by atoms with Crippen molar-refractivity contribution in [2.45, 2.75) is 65.0 Å². The minimum absolute atomic E-state index is 0.268. The molecular weight excluding hydrogens is 494 g/mol. The van der Waals surface area contributed by atoms with Crippen molar-refractivity contribution in [3.05, 3.63) is 64.7 Å². The van der Waals surface area contributed by atoms with Gasteiger partial charge in [0.25, 0.3) is 0 Å². The molecule has 2 rings (SSSR count). The normalized spacial score (nSPS) is 11.8. The lowest BCUT2D eigenvalue weighted by molar-refractivity contribution is -0.126. The SMILES string of the molecule is CCCCC[C@H](NC(=O)OC(C)(C)C)C(=O)NCC(=O)N(C)c1ccc(Cl)cc1C(=O)c1ccccc1. The highest BCUT2D eigenvalue weighted by molar-refractivity contribution is 6.31. The summed E-state index contributed by atoms with van der Waals surface area (Å²) in [6, 6.07) is 12.5. The van der Waals surface area contributed by atoms with Crippen LogP contribution in [-0.2, 0) is 14.3 Å². The summed E-state index contributed by atoms with van der Waals surface area (Å²) in [6.45, 7) is 6.93. The fourth-order valence-corrected chi connectivity index (χ4v) is 3.76. The Kier molecular flexibility index (Phi) is 11.1. The highest BCUT2D eigenvalue weighted by Crippen LogP contribution is 2.26. The first-order valence-corrected chi connectivity index (χ1v) is 12.7. The van der Waals surface area contributed by atoms with Crippen LogP contribution in [0, 0.1) is 0 Å². The first-order chi connectivity index (χ1) is 17.4. The van der Waals surface area contributed by atoms with Gasteiger partial charge >= 0.3 is 6.09 Å². The van der Waals surface area contributed by atoms with Crippen LogP contribution in [0.4, 0.5) is 10.5 Å². The molecule has 0 aromatic heterocycles. The molecule has 3 amide bonds. The van der Waals surface area contributed by atoms with Crippen LogP contribution in [-0.4, -0.2) is 48.9 Å². The van der Waals surface area contributed by atoms with Gasteiger partial charge in [-0.15, -0.1) is 0 Å².